The number of amidine groups is 1. The van der Waals surface area contributed by atoms with Crippen molar-refractivity contribution < 1.29 is 9.25 Å². The van der Waals surface area contributed by atoms with Gasteiger partial charge in [0.2, 0.25) is 5.71 Å². The van der Waals surface area contributed by atoms with Crippen molar-refractivity contribution in [3.05, 3.63) is 32.4 Å². The van der Waals surface area contributed by atoms with Gasteiger partial charge in [-0.05, 0) is 31.2 Å². The van der Waals surface area contributed by atoms with E-state index < -0.39 is 11.2 Å². The van der Waals surface area contributed by atoms with E-state index in [1.54, 1.807) is 0 Å². The number of fused-ring (bicyclic) bond motifs is 1. The van der Waals surface area contributed by atoms with Gasteiger partial charge in [-0.1, -0.05) is 38.3 Å². The van der Waals surface area contributed by atoms with Gasteiger partial charge in [-0.3, -0.25) is 14.7 Å². The van der Waals surface area contributed by atoms with Crippen molar-refractivity contribution in [3.63, 3.8) is 0 Å². The van der Waals surface area contributed by atoms with Gasteiger partial charge in [0.05, 0.1) is 0 Å². The second-order valence-corrected chi connectivity index (χ2v) is 8.66. The Labute approximate surface area is 187 Å². The van der Waals surface area contributed by atoms with E-state index in [2.05, 4.69) is 31.8 Å². The molecular formula is C23H33N5O4. The third kappa shape index (κ3) is 5.03. The number of aryl methyl sites for hydroxylation is 1. The van der Waals surface area contributed by atoms with Gasteiger partial charge in [0.1, 0.15) is 11.2 Å². The number of piperazine rings is 1. The van der Waals surface area contributed by atoms with E-state index in [4.69, 9.17) is 9.25 Å². The summed E-state index contributed by atoms with van der Waals surface area (Å²) in [4.78, 5) is 41.5. The highest BCUT2D eigenvalue weighted by Crippen LogP contribution is 2.24. The summed E-state index contributed by atoms with van der Waals surface area (Å²) in [6.45, 7) is 7.86. The van der Waals surface area contributed by atoms with Gasteiger partial charge >= 0.3 is 11.6 Å². The molecule has 0 amide bonds. The summed E-state index contributed by atoms with van der Waals surface area (Å²) in [5, 5.41) is 4.60. The van der Waals surface area contributed by atoms with Crippen molar-refractivity contribution >= 4 is 16.9 Å². The molecule has 32 heavy (non-hydrogen) atoms. The zero-order valence-corrected chi connectivity index (χ0v) is 19.1. The van der Waals surface area contributed by atoms with Crippen molar-refractivity contribution in [1.29, 1.82) is 0 Å². The van der Waals surface area contributed by atoms with Gasteiger partial charge in [0, 0.05) is 44.7 Å². The minimum absolute atomic E-state index is 0.0264. The van der Waals surface area contributed by atoms with Crippen LogP contribution in [0.15, 0.2) is 25.2 Å². The molecule has 0 unspecified atom stereocenters. The van der Waals surface area contributed by atoms with Crippen molar-refractivity contribution in [2.75, 3.05) is 26.2 Å². The van der Waals surface area contributed by atoms with E-state index in [9.17, 15) is 9.59 Å². The molecule has 1 saturated carbocycles. The summed E-state index contributed by atoms with van der Waals surface area (Å²) in [6.07, 6.45) is 8.92. The number of aromatic nitrogens is 2. The molecule has 2 fully saturated rings. The Bertz CT molecular complexity index is 1060. The van der Waals surface area contributed by atoms with Crippen LogP contribution in [0, 0.1) is 0 Å². The Morgan fingerprint density at radius 2 is 1.94 bits per heavy atom. The van der Waals surface area contributed by atoms with Crippen LogP contribution in [0.1, 0.15) is 64.4 Å². The highest BCUT2D eigenvalue weighted by Gasteiger charge is 2.26. The summed E-state index contributed by atoms with van der Waals surface area (Å²) in [5.41, 5.74) is -0.368. The fourth-order valence-corrected chi connectivity index (χ4v) is 4.82. The first kappa shape index (κ1) is 22.5. The summed E-state index contributed by atoms with van der Waals surface area (Å²) in [6, 6.07) is 1.97. The summed E-state index contributed by atoms with van der Waals surface area (Å²) in [5.74, 6) is 0.849. The van der Waals surface area contributed by atoms with Crippen LogP contribution in [0.4, 0.5) is 0 Å². The molecule has 1 N–H and O–H groups in total. The minimum Gasteiger partial charge on any atom is -0.403 e. The third-order valence-corrected chi connectivity index (χ3v) is 6.54. The molecule has 0 radical (unpaired) electrons. The maximum atomic E-state index is 12.5. The Hall–Kier alpha value is -2.68. The SMILES string of the molecule is CCC/C(=N\Oc1nc2oc(=O)cc(CC)c2c(=O)[nH]1)N1CCN(C2CCCCC2)CC1. The van der Waals surface area contributed by atoms with E-state index in [1.165, 1.54) is 38.2 Å². The molecule has 9 nitrogen and oxygen atoms in total. The number of rotatable bonds is 6. The minimum atomic E-state index is -0.538. The van der Waals surface area contributed by atoms with Crippen molar-refractivity contribution in [2.24, 2.45) is 5.16 Å². The summed E-state index contributed by atoms with van der Waals surface area (Å²) in [7, 11) is 0. The maximum absolute atomic E-state index is 12.5. The molecule has 9 heteroatoms. The first-order chi connectivity index (χ1) is 15.6. The Balaban J connectivity index is 1.48. The third-order valence-electron chi connectivity index (χ3n) is 6.54. The first-order valence-electron chi connectivity index (χ1n) is 11.9. The molecule has 4 rings (SSSR count). The lowest BCUT2D eigenvalue weighted by molar-refractivity contribution is 0.105. The smallest absolute Gasteiger partial charge is 0.337 e. The molecule has 0 atom stereocenters. The fourth-order valence-electron chi connectivity index (χ4n) is 4.82. The topological polar surface area (TPSA) is 104 Å². The van der Waals surface area contributed by atoms with Crippen LogP contribution < -0.4 is 16.0 Å². The highest BCUT2D eigenvalue weighted by atomic mass is 16.6. The van der Waals surface area contributed by atoms with Gasteiger partial charge in [-0.15, -0.1) is 0 Å². The van der Waals surface area contributed by atoms with Crippen molar-refractivity contribution in [1.82, 2.24) is 19.8 Å². The molecule has 1 saturated heterocycles. The number of H-pyrrole nitrogens is 1. The molecule has 174 valence electrons. The number of oxime groups is 1. The van der Waals surface area contributed by atoms with Crippen LogP contribution in [0.2, 0.25) is 0 Å². The molecule has 2 aromatic heterocycles. The predicted octanol–water partition coefficient (Wildman–Crippen LogP) is 2.88. The lowest BCUT2D eigenvalue weighted by Crippen LogP contribution is -2.52. The Morgan fingerprint density at radius 1 is 1.19 bits per heavy atom. The Kier molecular flexibility index (Phi) is 7.24. The second-order valence-electron chi connectivity index (χ2n) is 8.66. The average Bonchev–Trinajstić information content (AvgIpc) is 2.81. The van der Waals surface area contributed by atoms with Gasteiger partial charge in [-0.2, -0.15) is 4.98 Å². The number of nitrogens with zero attached hydrogens (tertiary/aromatic N) is 4. The second kappa shape index (κ2) is 10.3. The molecule has 0 spiro atoms. The van der Waals surface area contributed by atoms with Crippen LogP contribution in [-0.4, -0.2) is 57.8 Å². The molecule has 1 aliphatic carbocycles. The van der Waals surface area contributed by atoms with Gasteiger partial charge < -0.3 is 14.2 Å². The van der Waals surface area contributed by atoms with E-state index in [-0.39, 0.29) is 17.1 Å². The zero-order valence-electron chi connectivity index (χ0n) is 19.1. The number of aromatic amines is 1. The lowest BCUT2D eigenvalue weighted by atomic mass is 9.94. The van der Waals surface area contributed by atoms with Crippen LogP contribution in [-0.2, 0) is 6.42 Å². The van der Waals surface area contributed by atoms with Crippen molar-refractivity contribution in [3.8, 4) is 6.01 Å². The lowest BCUT2D eigenvalue weighted by Gasteiger charge is -2.41. The first-order valence-corrected chi connectivity index (χ1v) is 11.9. The van der Waals surface area contributed by atoms with Gasteiger partial charge in [0.25, 0.3) is 5.56 Å². The molecule has 0 aromatic carbocycles. The standard InChI is InChI=1S/C23H33N5O4/c1-3-8-18(28-13-11-27(12-14-28)17-9-6-5-7-10-17)26-32-23-24-21(30)20-16(4-2)15-19(29)31-22(20)25-23/h15,17H,3-14H2,1-2H3,(H,24,25,30)/b26-18+. The van der Waals surface area contributed by atoms with E-state index in [1.807, 2.05) is 6.92 Å². The average molecular weight is 444 g/mol. The summed E-state index contributed by atoms with van der Waals surface area (Å²) < 4.78 is 5.13. The normalized spacial score (nSPS) is 18.9. The largest absolute Gasteiger partial charge is 0.403 e. The van der Waals surface area contributed by atoms with Gasteiger partial charge in [-0.25, -0.2) is 4.79 Å². The maximum Gasteiger partial charge on any atom is 0.337 e. The van der Waals surface area contributed by atoms with Crippen LogP contribution >= 0.6 is 0 Å². The molecule has 2 aromatic rings. The molecule has 2 aliphatic rings. The zero-order chi connectivity index (χ0) is 22.5. The summed E-state index contributed by atoms with van der Waals surface area (Å²) >= 11 is 0. The molecule has 3 heterocycles. The van der Waals surface area contributed by atoms with E-state index in [0.29, 0.717) is 12.0 Å². The van der Waals surface area contributed by atoms with Gasteiger partial charge in [0.15, 0.2) is 0 Å². The van der Waals surface area contributed by atoms with Crippen LogP contribution in [0.5, 0.6) is 6.01 Å². The molecular weight excluding hydrogens is 410 g/mol. The van der Waals surface area contributed by atoms with E-state index in [0.717, 1.165) is 50.9 Å². The number of hydrogen-bond donors (Lipinski definition) is 1. The fraction of sp³-hybridized carbons (Fsp3) is 0.652. The quantitative estimate of drug-likeness (QED) is 0.416. The monoisotopic (exact) mass is 443 g/mol. The number of hydrogen-bond acceptors (Lipinski definition) is 7. The molecule has 0 bridgehead atoms. The van der Waals surface area contributed by atoms with E-state index >= 15 is 0 Å². The molecule has 1 aliphatic heterocycles. The number of nitrogens with one attached hydrogen (secondary N) is 1. The predicted molar refractivity (Wildman–Crippen MR) is 123 cm³/mol. The van der Waals surface area contributed by atoms with Crippen LogP contribution in [0.3, 0.4) is 0 Å². The highest BCUT2D eigenvalue weighted by molar-refractivity contribution is 5.82. The van der Waals surface area contributed by atoms with Crippen molar-refractivity contribution in [2.45, 2.75) is 71.3 Å². The van der Waals surface area contributed by atoms with Crippen LogP contribution in [0.25, 0.3) is 11.1 Å². The Morgan fingerprint density at radius 3 is 2.62 bits per heavy atom.